The molecule has 0 amide bonds. The number of allylic oxidation sites excluding steroid dienone is 1. The van der Waals surface area contributed by atoms with Gasteiger partial charge in [-0.2, -0.15) is 0 Å². The molecule has 0 bridgehead atoms. The fourth-order valence-electron chi connectivity index (χ4n) is 4.28. The molecule has 0 aromatic carbocycles. The van der Waals surface area contributed by atoms with E-state index in [2.05, 4.69) is 6.08 Å². The molecule has 0 unspecified atom stereocenters. The van der Waals surface area contributed by atoms with Crippen LogP contribution in [0.5, 0.6) is 0 Å². The predicted octanol–water partition coefficient (Wildman–Crippen LogP) is 3.14. The zero-order valence-electron chi connectivity index (χ0n) is 16.4. The molecule has 1 saturated heterocycles. The average Bonchev–Trinajstić information content (AvgIpc) is 2.91. The summed E-state index contributed by atoms with van der Waals surface area (Å²) in [6.07, 6.45) is 5.42. The normalized spacial score (nSPS) is 34.7. The zero-order valence-corrected chi connectivity index (χ0v) is 16.4. The molecular weight excluding hydrogens is 348 g/mol. The highest BCUT2D eigenvalue weighted by Crippen LogP contribution is 2.46. The second-order valence-electron chi connectivity index (χ2n) is 8.45. The van der Waals surface area contributed by atoms with Gasteiger partial charge in [-0.3, -0.25) is 9.59 Å². The number of hydrogen-bond acceptors (Lipinski definition) is 5. The Bertz CT molecular complexity index is 678. The number of Topliss-reactive ketones (excluding diaryl/α,β-unsaturated/α-hetero) is 1. The van der Waals surface area contributed by atoms with Crippen LogP contribution in [-0.4, -0.2) is 45.9 Å². The van der Waals surface area contributed by atoms with Crippen LogP contribution in [0.25, 0.3) is 0 Å². The smallest absolute Gasteiger partial charge is 0.306 e. The summed E-state index contributed by atoms with van der Waals surface area (Å²) in [5, 5.41) is 19.2. The lowest BCUT2D eigenvalue weighted by Gasteiger charge is -2.40. The number of carbonyl (C=O) groups is 2. The number of aliphatic carboxylic acids is 1. The molecule has 2 heterocycles. The number of carboxylic acids is 1. The minimum atomic E-state index is -0.752. The average molecular weight is 378 g/mol. The summed E-state index contributed by atoms with van der Waals surface area (Å²) in [7, 11) is 0. The molecule has 5 atom stereocenters. The van der Waals surface area contributed by atoms with Crippen LogP contribution in [0, 0.1) is 5.92 Å². The van der Waals surface area contributed by atoms with Gasteiger partial charge in [0.25, 0.3) is 0 Å². The summed E-state index contributed by atoms with van der Waals surface area (Å²) >= 11 is 0. The number of ether oxygens (including phenoxy) is 2. The zero-order chi connectivity index (χ0) is 19.8. The molecule has 2 aliphatic heterocycles. The fourth-order valence-corrected chi connectivity index (χ4v) is 4.28. The third-order valence-electron chi connectivity index (χ3n) is 6.04. The number of hydrogen-bond donors (Lipinski definition) is 2. The number of rotatable bonds is 6. The van der Waals surface area contributed by atoms with Crippen molar-refractivity contribution in [3.8, 4) is 0 Å². The van der Waals surface area contributed by atoms with Gasteiger partial charge < -0.3 is 19.7 Å². The van der Waals surface area contributed by atoms with Gasteiger partial charge in [0.2, 0.25) is 0 Å². The van der Waals surface area contributed by atoms with Gasteiger partial charge >= 0.3 is 5.97 Å². The topological polar surface area (TPSA) is 93.1 Å². The summed E-state index contributed by atoms with van der Waals surface area (Å²) in [5.41, 5.74) is 1.24. The Balaban J connectivity index is 1.60. The van der Waals surface area contributed by atoms with Crippen molar-refractivity contribution in [3.63, 3.8) is 0 Å². The quantitative estimate of drug-likeness (QED) is 0.690. The monoisotopic (exact) mass is 378 g/mol. The van der Waals surface area contributed by atoms with E-state index in [0.717, 1.165) is 12.8 Å². The Kier molecular flexibility index (Phi) is 5.77. The van der Waals surface area contributed by atoms with Crippen molar-refractivity contribution in [2.75, 3.05) is 0 Å². The summed E-state index contributed by atoms with van der Waals surface area (Å²) < 4.78 is 12.3. The van der Waals surface area contributed by atoms with E-state index >= 15 is 0 Å². The Hall–Kier alpha value is -1.66. The number of carboxylic acid groups (broad SMARTS) is 1. The summed E-state index contributed by atoms with van der Waals surface area (Å²) in [5.74, 6) is -0.559. The van der Waals surface area contributed by atoms with Crippen molar-refractivity contribution in [1.82, 2.24) is 0 Å². The fraction of sp³-hybridized carbons (Fsp3) is 0.714. The van der Waals surface area contributed by atoms with E-state index in [4.69, 9.17) is 14.6 Å². The van der Waals surface area contributed by atoms with Gasteiger partial charge in [-0.1, -0.05) is 18.6 Å². The maximum absolute atomic E-state index is 12.2. The first-order valence-electron chi connectivity index (χ1n) is 9.88. The van der Waals surface area contributed by atoms with Crippen molar-refractivity contribution >= 4 is 11.8 Å². The Labute approximate surface area is 160 Å². The molecule has 6 heteroatoms. The molecule has 2 N–H and O–H groups in total. The van der Waals surface area contributed by atoms with Gasteiger partial charge in [0.15, 0.2) is 5.78 Å². The predicted molar refractivity (Wildman–Crippen MR) is 99.1 cm³/mol. The van der Waals surface area contributed by atoms with Crippen LogP contribution in [0.2, 0.25) is 0 Å². The molecular formula is C21H30O6. The van der Waals surface area contributed by atoms with Gasteiger partial charge in [-0.15, -0.1) is 0 Å². The molecule has 3 rings (SSSR count). The summed E-state index contributed by atoms with van der Waals surface area (Å²) in [6, 6.07) is 0. The van der Waals surface area contributed by atoms with Gasteiger partial charge in [0.05, 0.1) is 12.0 Å². The molecule has 27 heavy (non-hydrogen) atoms. The van der Waals surface area contributed by atoms with Crippen LogP contribution in [0.1, 0.15) is 65.7 Å². The van der Waals surface area contributed by atoms with E-state index in [1.54, 1.807) is 6.92 Å². The molecule has 0 aromatic rings. The summed E-state index contributed by atoms with van der Waals surface area (Å²) in [6.45, 7) is 5.76. The van der Waals surface area contributed by atoms with Crippen molar-refractivity contribution in [3.05, 3.63) is 23.0 Å². The number of aliphatic hydroxyl groups is 1. The lowest BCUT2D eigenvalue weighted by molar-refractivity contribution is -0.141. The van der Waals surface area contributed by atoms with E-state index in [9.17, 15) is 14.7 Å². The van der Waals surface area contributed by atoms with Crippen LogP contribution < -0.4 is 0 Å². The molecule has 3 aliphatic rings. The molecule has 6 nitrogen and oxygen atoms in total. The van der Waals surface area contributed by atoms with Crippen molar-refractivity contribution in [2.45, 2.75) is 89.6 Å². The lowest BCUT2D eigenvalue weighted by Crippen LogP contribution is -2.45. The van der Waals surface area contributed by atoms with Crippen molar-refractivity contribution in [2.24, 2.45) is 5.92 Å². The first-order chi connectivity index (χ1) is 12.7. The molecule has 150 valence electrons. The van der Waals surface area contributed by atoms with Gasteiger partial charge in [0, 0.05) is 24.8 Å². The maximum Gasteiger partial charge on any atom is 0.306 e. The van der Waals surface area contributed by atoms with Crippen LogP contribution >= 0.6 is 0 Å². The standard InChI is InChI=1S/C21H30O6/c1-12(5-4-6-13(2)20(24)25)9-14-11-21(3)18(26-14)10-15-16(22)7-8-17(23)19(15)27-21/h9,13-14,17-18,23H,4-8,10-11H2,1-3H3,(H,24,25)/b12-9+/t13-,14-,17+,18+,21+/m0/s1. The molecule has 0 saturated carbocycles. The van der Waals surface area contributed by atoms with E-state index in [0.29, 0.717) is 43.4 Å². The number of ketones is 1. The third-order valence-corrected chi connectivity index (χ3v) is 6.04. The highest BCUT2D eigenvalue weighted by Gasteiger charge is 2.52. The molecule has 1 aliphatic carbocycles. The van der Waals surface area contributed by atoms with E-state index < -0.39 is 17.7 Å². The highest BCUT2D eigenvalue weighted by molar-refractivity contribution is 5.97. The SMILES string of the molecule is C/C(=C\[C@H]1C[C@@]2(C)OC3=C(C[C@H]2O1)C(=O)CC[C@H]3O)CCC[C@H](C)C(=O)O. The van der Waals surface area contributed by atoms with Crippen LogP contribution in [-0.2, 0) is 19.1 Å². The summed E-state index contributed by atoms with van der Waals surface area (Å²) in [4.78, 5) is 23.1. The number of aliphatic hydroxyl groups excluding tert-OH is 1. The first-order valence-corrected chi connectivity index (χ1v) is 9.88. The van der Waals surface area contributed by atoms with E-state index in [1.165, 1.54) is 5.57 Å². The van der Waals surface area contributed by atoms with Crippen LogP contribution in [0.15, 0.2) is 23.0 Å². The molecule has 0 radical (unpaired) electrons. The van der Waals surface area contributed by atoms with Gasteiger partial charge in [0.1, 0.15) is 23.6 Å². The van der Waals surface area contributed by atoms with Gasteiger partial charge in [-0.05, 0) is 39.5 Å². The maximum atomic E-state index is 12.2. The van der Waals surface area contributed by atoms with E-state index in [-0.39, 0.29) is 23.9 Å². The van der Waals surface area contributed by atoms with Gasteiger partial charge in [-0.25, -0.2) is 0 Å². The molecule has 1 fully saturated rings. The van der Waals surface area contributed by atoms with Crippen molar-refractivity contribution in [1.29, 1.82) is 0 Å². The highest BCUT2D eigenvalue weighted by atomic mass is 16.6. The lowest BCUT2D eigenvalue weighted by atomic mass is 9.82. The number of carbonyl (C=O) groups excluding carboxylic acids is 1. The van der Waals surface area contributed by atoms with Crippen LogP contribution in [0.4, 0.5) is 0 Å². The second kappa shape index (κ2) is 7.76. The van der Waals surface area contributed by atoms with E-state index in [1.807, 2.05) is 13.8 Å². The first kappa shape index (κ1) is 20.1. The minimum absolute atomic E-state index is 0.0590. The Morgan fingerprint density at radius 3 is 2.89 bits per heavy atom. The molecule has 0 spiro atoms. The van der Waals surface area contributed by atoms with Crippen LogP contribution in [0.3, 0.4) is 0 Å². The number of fused-ring (bicyclic) bond motifs is 1. The largest absolute Gasteiger partial charge is 0.486 e. The Morgan fingerprint density at radius 2 is 2.19 bits per heavy atom. The Morgan fingerprint density at radius 1 is 1.44 bits per heavy atom. The minimum Gasteiger partial charge on any atom is -0.486 e. The third kappa shape index (κ3) is 4.27. The van der Waals surface area contributed by atoms with Crippen molar-refractivity contribution < 1.29 is 29.3 Å². The molecule has 0 aromatic heterocycles. The second-order valence-corrected chi connectivity index (χ2v) is 8.45.